The van der Waals surface area contributed by atoms with Crippen LogP contribution in [-0.4, -0.2) is 41.2 Å². The summed E-state index contributed by atoms with van der Waals surface area (Å²) in [5.74, 6) is -2.24. The second-order valence-electron chi connectivity index (χ2n) is 6.16. The van der Waals surface area contributed by atoms with E-state index in [-0.39, 0.29) is 25.3 Å². The van der Waals surface area contributed by atoms with Gasteiger partial charge in [-0.05, 0) is 31.0 Å². The molecule has 1 N–H and O–H groups in total. The second-order valence-corrected chi connectivity index (χ2v) is 7.84. The fourth-order valence-electron chi connectivity index (χ4n) is 3.02. The first-order chi connectivity index (χ1) is 11.7. The van der Waals surface area contributed by atoms with Crippen molar-refractivity contribution >= 4 is 40.9 Å². The van der Waals surface area contributed by atoms with Crippen LogP contribution in [0.5, 0.6) is 0 Å². The molecule has 3 rings (SSSR count). The molecule has 0 unspecified atom stereocenters. The lowest BCUT2D eigenvalue weighted by Gasteiger charge is -2.34. The van der Waals surface area contributed by atoms with Crippen LogP contribution in [0, 0.1) is 5.92 Å². The number of piperidine rings is 1. The maximum atomic E-state index is 12.9. The molecule has 4 nitrogen and oxygen atoms in total. The van der Waals surface area contributed by atoms with Crippen molar-refractivity contribution in [3.05, 3.63) is 23.2 Å². The largest absolute Gasteiger partial charge is 0.393 e. The van der Waals surface area contributed by atoms with Gasteiger partial charge in [0, 0.05) is 29.4 Å². The van der Waals surface area contributed by atoms with Crippen molar-refractivity contribution in [1.29, 1.82) is 0 Å². The van der Waals surface area contributed by atoms with Crippen LogP contribution in [0.15, 0.2) is 23.1 Å². The molecule has 1 aromatic rings. The van der Waals surface area contributed by atoms with Gasteiger partial charge in [0.25, 0.3) is 0 Å². The molecule has 2 heterocycles. The third-order valence-corrected chi connectivity index (χ3v) is 5.87. The van der Waals surface area contributed by atoms with E-state index < -0.39 is 23.3 Å². The molecule has 0 spiro atoms. The van der Waals surface area contributed by atoms with Gasteiger partial charge in [0.15, 0.2) is 0 Å². The third kappa shape index (κ3) is 4.23. The molecule has 0 aromatic heterocycles. The predicted octanol–water partition coefficient (Wildman–Crippen LogP) is 3.94. The number of anilines is 1. The molecule has 1 aromatic carbocycles. The molecule has 2 amide bonds. The molecular weight excluding hydrogens is 377 g/mol. The van der Waals surface area contributed by atoms with Crippen LogP contribution >= 0.6 is 23.4 Å². The number of hydrogen-bond donors (Lipinski definition) is 1. The van der Waals surface area contributed by atoms with Crippen molar-refractivity contribution in [2.45, 2.75) is 35.6 Å². The first-order valence-electron chi connectivity index (χ1n) is 7.85. The standard InChI is InChI=1S/C16H16ClF3N2O2S/c17-10-3-4-12-11(6-10)21-15(24)13(25-12)7-14(23)22-5-1-2-9(8-22)16(18,19)20/h3-4,6,9,13H,1-2,5,7-8H2,(H,21,24)/t9-,13+/m1/s1. The first-order valence-corrected chi connectivity index (χ1v) is 9.11. The zero-order chi connectivity index (χ0) is 18.2. The smallest absolute Gasteiger partial charge is 0.342 e. The van der Waals surface area contributed by atoms with E-state index in [9.17, 15) is 22.8 Å². The van der Waals surface area contributed by atoms with Crippen LogP contribution in [0.25, 0.3) is 0 Å². The van der Waals surface area contributed by atoms with E-state index in [4.69, 9.17) is 11.6 Å². The number of nitrogens with zero attached hydrogens (tertiary/aromatic N) is 1. The minimum absolute atomic E-state index is 0.0417. The molecule has 0 aliphatic carbocycles. The Balaban J connectivity index is 1.65. The van der Waals surface area contributed by atoms with Gasteiger partial charge in [-0.1, -0.05) is 11.6 Å². The van der Waals surface area contributed by atoms with Crippen molar-refractivity contribution in [3.63, 3.8) is 0 Å². The normalized spacial score (nSPS) is 23.8. The molecule has 0 radical (unpaired) electrons. The highest BCUT2D eigenvalue weighted by atomic mass is 35.5. The maximum Gasteiger partial charge on any atom is 0.393 e. The number of hydrogen-bond acceptors (Lipinski definition) is 3. The van der Waals surface area contributed by atoms with Crippen molar-refractivity contribution in [2.75, 3.05) is 18.4 Å². The van der Waals surface area contributed by atoms with Crippen LogP contribution in [0.2, 0.25) is 5.02 Å². The van der Waals surface area contributed by atoms with Crippen molar-refractivity contribution in [3.8, 4) is 0 Å². The number of likely N-dealkylation sites (tertiary alicyclic amines) is 1. The molecule has 2 atom stereocenters. The van der Waals surface area contributed by atoms with Gasteiger partial charge in [-0.3, -0.25) is 9.59 Å². The number of rotatable bonds is 2. The molecular formula is C16H16ClF3N2O2S. The Bertz CT molecular complexity index is 698. The Labute approximate surface area is 152 Å². The fraction of sp³-hybridized carbons (Fsp3) is 0.500. The average Bonchev–Trinajstić information content (AvgIpc) is 2.55. The summed E-state index contributed by atoms with van der Waals surface area (Å²) in [5.41, 5.74) is 0.585. The van der Waals surface area contributed by atoms with E-state index in [1.54, 1.807) is 18.2 Å². The van der Waals surface area contributed by atoms with Gasteiger partial charge >= 0.3 is 6.18 Å². The van der Waals surface area contributed by atoms with Crippen molar-refractivity contribution in [1.82, 2.24) is 4.90 Å². The minimum Gasteiger partial charge on any atom is -0.342 e. The Morgan fingerprint density at radius 1 is 1.40 bits per heavy atom. The van der Waals surface area contributed by atoms with Gasteiger partial charge in [0.2, 0.25) is 11.8 Å². The summed E-state index contributed by atoms with van der Waals surface area (Å²) in [6, 6.07) is 5.06. The average molecular weight is 393 g/mol. The van der Waals surface area contributed by atoms with Crippen LogP contribution in [0.4, 0.5) is 18.9 Å². The summed E-state index contributed by atoms with van der Waals surface area (Å²) in [5, 5.41) is 2.52. The monoisotopic (exact) mass is 392 g/mol. The third-order valence-electron chi connectivity index (χ3n) is 4.36. The number of thioether (sulfide) groups is 1. The van der Waals surface area contributed by atoms with Gasteiger partial charge in [-0.15, -0.1) is 11.8 Å². The van der Waals surface area contributed by atoms with E-state index in [0.29, 0.717) is 23.7 Å². The second kappa shape index (κ2) is 7.07. The Kier molecular flexibility index (Phi) is 5.20. The number of amides is 2. The fourth-order valence-corrected chi connectivity index (χ4v) is 4.27. The summed E-state index contributed by atoms with van der Waals surface area (Å²) >= 11 is 7.12. The zero-order valence-corrected chi connectivity index (χ0v) is 14.7. The number of benzene rings is 1. The highest BCUT2D eigenvalue weighted by molar-refractivity contribution is 8.01. The first kappa shape index (κ1) is 18.4. The molecule has 1 fully saturated rings. The van der Waals surface area contributed by atoms with E-state index >= 15 is 0 Å². The SMILES string of the molecule is O=C1Nc2cc(Cl)ccc2S[C@H]1CC(=O)N1CCC[C@@H](C(F)(F)F)C1. The van der Waals surface area contributed by atoms with Crippen LogP contribution < -0.4 is 5.32 Å². The molecule has 0 saturated carbocycles. The topological polar surface area (TPSA) is 49.4 Å². The summed E-state index contributed by atoms with van der Waals surface area (Å²) in [7, 11) is 0. The van der Waals surface area contributed by atoms with Gasteiger partial charge in [-0.2, -0.15) is 13.2 Å². The van der Waals surface area contributed by atoms with E-state index in [0.717, 1.165) is 4.90 Å². The van der Waals surface area contributed by atoms with Gasteiger partial charge in [-0.25, -0.2) is 0 Å². The van der Waals surface area contributed by atoms with Crippen LogP contribution in [-0.2, 0) is 9.59 Å². The Morgan fingerprint density at radius 3 is 2.88 bits per heavy atom. The van der Waals surface area contributed by atoms with Crippen molar-refractivity contribution in [2.24, 2.45) is 5.92 Å². The van der Waals surface area contributed by atoms with Gasteiger partial charge in [0.1, 0.15) is 0 Å². The summed E-state index contributed by atoms with van der Waals surface area (Å²) in [6.45, 7) is -0.0237. The lowest BCUT2D eigenvalue weighted by atomic mass is 9.97. The number of fused-ring (bicyclic) bond motifs is 1. The number of carbonyl (C=O) groups is 2. The molecule has 2 aliphatic heterocycles. The summed E-state index contributed by atoms with van der Waals surface area (Å²) < 4.78 is 38.6. The van der Waals surface area contributed by atoms with Crippen LogP contribution in [0.1, 0.15) is 19.3 Å². The zero-order valence-electron chi connectivity index (χ0n) is 13.1. The van der Waals surface area contributed by atoms with E-state index in [2.05, 4.69) is 5.32 Å². The number of halogens is 4. The molecule has 25 heavy (non-hydrogen) atoms. The van der Waals surface area contributed by atoms with Gasteiger partial charge in [0.05, 0.1) is 16.9 Å². The molecule has 1 saturated heterocycles. The summed E-state index contributed by atoms with van der Waals surface area (Å²) in [4.78, 5) is 26.6. The Morgan fingerprint density at radius 2 is 2.16 bits per heavy atom. The Hall–Kier alpha value is -1.41. The minimum atomic E-state index is -4.30. The highest BCUT2D eigenvalue weighted by Gasteiger charge is 2.43. The predicted molar refractivity (Wildman–Crippen MR) is 89.7 cm³/mol. The maximum absolute atomic E-state index is 12.9. The van der Waals surface area contributed by atoms with E-state index in [1.807, 2.05) is 0 Å². The van der Waals surface area contributed by atoms with Crippen LogP contribution in [0.3, 0.4) is 0 Å². The van der Waals surface area contributed by atoms with Gasteiger partial charge < -0.3 is 10.2 Å². The molecule has 9 heteroatoms. The lowest BCUT2D eigenvalue weighted by Crippen LogP contribution is -2.46. The number of alkyl halides is 3. The molecule has 2 aliphatic rings. The molecule has 136 valence electrons. The summed E-state index contributed by atoms with van der Waals surface area (Å²) in [6.07, 6.45) is -4.06. The highest BCUT2D eigenvalue weighted by Crippen LogP contribution is 2.39. The number of nitrogens with one attached hydrogen (secondary N) is 1. The van der Waals surface area contributed by atoms with Crippen molar-refractivity contribution < 1.29 is 22.8 Å². The number of carbonyl (C=O) groups excluding carboxylic acids is 2. The lowest BCUT2D eigenvalue weighted by molar-refractivity contribution is -0.188. The van der Waals surface area contributed by atoms with E-state index in [1.165, 1.54) is 16.7 Å². The molecule has 0 bridgehead atoms. The quantitative estimate of drug-likeness (QED) is 0.829.